The maximum absolute atomic E-state index is 4.42. The average Bonchev–Trinajstić information content (AvgIpc) is 2.77. The van der Waals surface area contributed by atoms with Crippen molar-refractivity contribution >= 4 is 6.21 Å². The fraction of sp³-hybridized carbons (Fsp3) is 0.969. The Labute approximate surface area is 209 Å². The van der Waals surface area contributed by atoms with E-state index in [1.807, 2.05) is 7.05 Å². The predicted octanol–water partition coefficient (Wildman–Crippen LogP) is 9.94. The zero-order valence-electron chi connectivity index (χ0n) is 24.4. The summed E-state index contributed by atoms with van der Waals surface area (Å²) in [5, 5.41) is 0. The quantitative estimate of drug-likeness (QED) is 0.243. The summed E-state index contributed by atoms with van der Waals surface area (Å²) in [7, 11) is 1.95. The van der Waals surface area contributed by atoms with Crippen LogP contribution in [0.1, 0.15) is 127 Å². The lowest BCUT2D eigenvalue weighted by molar-refractivity contribution is -0.106. The Morgan fingerprint density at radius 2 is 1.73 bits per heavy atom. The fourth-order valence-electron chi connectivity index (χ4n) is 9.08. The molecule has 2 saturated carbocycles. The van der Waals surface area contributed by atoms with E-state index < -0.39 is 0 Å². The third-order valence-corrected chi connectivity index (χ3v) is 11.2. The zero-order chi connectivity index (χ0) is 24.8. The number of hydrogen-bond donors (Lipinski definition) is 0. The summed E-state index contributed by atoms with van der Waals surface area (Å²) in [4.78, 5) is 4.42. The van der Waals surface area contributed by atoms with Gasteiger partial charge in [-0.3, -0.25) is 0 Å². The standard InChI is InChI=1S/C32H61N/c1-11-15-26(8)32(9,28-17-14-16-22(4)18-28)30(31-24(6)19-27(31)12-2)20-23(5)29(13-3)25(7)21-33-10/h21-31H,11-20H2,1-10H3/t22?,23-,24+,25+,26?,27?,28?,29+,30?,31+,32?/m1/s1. The average molecular weight is 460 g/mol. The van der Waals surface area contributed by atoms with Gasteiger partial charge >= 0.3 is 0 Å². The Hall–Kier alpha value is -0.330. The molecule has 2 aliphatic rings. The molecule has 0 spiro atoms. The van der Waals surface area contributed by atoms with Crippen LogP contribution in [0.15, 0.2) is 4.99 Å². The highest BCUT2D eigenvalue weighted by Crippen LogP contribution is 2.61. The molecule has 1 nitrogen and oxygen atoms in total. The SMILES string of the molecule is CCCC(C)C(C)(C1CCCC(C)C1)C(C[C@@H](C)[C@H](CC)[C@@H](C)C=NC)[C@@H]1C(CC)C[C@@H]1C. The molecule has 0 radical (unpaired) electrons. The van der Waals surface area contributed by atoms with Crippen LogP contribution < -0.4 is 0 Å². The lowest BCUT2D eigenvalue weighted by Gasteiger charge is -2.59. The molecule has 2 aliphatic carbocycles. The van der Waals surface area contributed by atoms with E-state index in [0.29, 0.717) is 11.3 Å². The van der Waals surface area contributed by atoms with E-state index in [9.17, 15) is 0 Å². The zero-order valence-corrected chi connectivity index (χ0v) is 24.4. The maximum atomic E-state index is 4.42. The van der Waals surface area contributed by atoms with Crippen molar-refractivity contribution < 1.29 is 0 Å². The van der Waals surface area contributed by atoms with Gasteiger partial charge < -0.3 is 4.99 Å². The van der Waals surface area contributed by atoms with Crippen molar-refractivity contribution in [1.82, 2.24) is 0 Å². The second-order valence-corrected chi connectivity index (χ2v) is 13.1. The number of nitrogens with zero attached hydrogens (tertiary/aromatic N) is 1. The molecule has 194 valence electrons. The van der Waals surface area contributed by atoms with Gasteiger partial charge in [0.1, 0.15) is 0 Å². The molecular weight excluding hydrogens is 398 g/mol. The van der Waals surface area contributed by atoms with Gasteiger partial charge in [-0.15, -0.1) is 0 Å². The summed E-state index contributed by atoms with van der Waals surface area (Å²) in [6, 6.07) is 0. The molecule has 6 unspecified atom stereocenters. The maximum Gasteiger partial charge on any atom is 0.0273 e. The summed E-state index contributed by atoms with van der Waals surface area (Å²) in [5.41, 5.74) is 0.478. The van der Waals surface area contributed by atoms with Crippen LogP contribution in [0.2, 0.25) is 0 Å². The van der Waals surface area contributed by atoms with Gasteiger partial charge in [0.15, 0.2) is 0 Å². The van der Waals surface area contributed by atoms with Crippen molar-refractivity contribution in [3.05, 3.63) is 0 Å². The molecule has 0 saturated heterocycles. The topological polar surface area (TPSA) is 12.4 Å². The Morgan fingerprint density at radius 3 is 2.24 bits per heavy atom. The molecule has 1 heteroatoms. The third-order valence-electron chi connectivity index (χ3n) is 11.2. The summed E-state index contributed by atoms with van der Waals surface area (Å²) in [6.07, 6.45) is 16.4. The molecular formula is C32H61N. The molecule has 0 heterocycles. The van der Waals surface area contributed by atoms with Crippen LogP contribution in [-0.4, -0.2) is 13.3 Å². The first-order valence-electron chi connectivity index (χ1n) is 15.1. The first kappa shape index (κ1) is 28.9. The molecule has 0 aromatic rings. The van der Waals surface area contributed by atoms with Crippen molar-refractivity contribution in [1.29, 1.82) is 0 Å². The lowest BCUT2D eigenvalue weighted by atomic mass is 9.46. The van der Waals surface area contributed by atoms with Crippen molar-refractivity contribution in [3.63, 3.8) is 0 Å². The van der Waals surface area contributed by atoms with Crippen molar-refractivity contribution in [3.8, 4) is 0 Å². The first-order valence-corrected chi connectivity index (χ1v) is 15.1. The number of rotatable bonds is 13. The fourth-order valence-corrected chi connectivity index (χ4v) is 9.08. The molecule has 0 N–H and O–H groups in total. The van der Waals surface area contributed by atoms with Gasteiger partial charge in [0.25, 0.3) is 0 Å². The van der Waals surface area contributed by atoms with Gasteiger partial charge in [-0.05, 0) is 90.3 Å². The van der Waals surface area contributed by atoms with Crippen LogP contribution in [0.25, 0.3) is 0 Å². The lowest BCUT2D eigenvalue weighted by Crippen LogP contribution is -2.52. The molecule has 2 fully saturated rings. The minimum Gasteiger partial charge on any atom is -0.301 e. The second-order valence-electron chi connectivity index (χ2n) is 13.1. The van der Waals surface area contributed by atoms with Gasteiger partial charge in [-0.2, -0.15) is 0 Å². The molecule has 0 bridgehead atoms. The molecule has 0 aromatic heterocycles. The summed E-state index contributed by atoms with van der Waals surface area (Å²) in [5.74, 6) is 8.46. The van der Waals surface area contributed by atoms with E-state index in [0.717, 1.165) is 53.3 Å². The van der Waals surface area contributed by atoms with Crippen molar-refractivity contribution in [2.45, 2.75) is 127 Å². The van der Waals surface area contributed by atoms with Gasteiger partial charge in [0, 0.05) is 13.3 Å². The highest BCUT2D eigenvalue weighted by molar-refractivity contribution is 5.60. The molecule has 33 heavy (non-hydrogen) atoms. The largest absolute Gasteiger partial charge is 0.301 e. The van der Waals surface area contributed by atoms with E-state index in [1.54, 1.807) is 0 Å². The highest BCUT2D eigenvalue weighted by atomic mass is 14.6. The van der Waals surface area contributed by atoms with Crippen LogP contribution in [0.4, 0.5) is 0 Å². The molecule has 2 rings (SSSR count). The van der Waals surface area contributed by atoms with Crippen molar-refractivity contribution in [2.24, 2.45) is 69.6 Å². The summed E-state index contributed by atoms with van der Waals surface area (Å²) >= 11 is 0. The van der Waals surface area contributed by atoms with E-state index in [-0.39, 0.29) is 0 Å². The molecule has 0 aliphatic heterocycles. The van der Waals surface area contributed by atoms with Gasteiger partial charge in [-0.25, -0.2) is 0 Å². The number of hydrogen-bond acceptors (Lipinski definition) is 1. The minimum atomic E-state index is 0.478. The normalized spacial score (nSPS) is 34.8. The Balaban J connectivity index is 2.47. The van der Waals surface area contributed by atoms with Crippen LogP contribution in [0.3, 0.4) is 0 Å². The summed E-state index contributed by atoms with van der Waals surface area (Å²) in [6.45, 7) is 22.9. The van der Waals surface area contributed by atoms with Crippen LogP contribution >= 0.6 is 0 Å². The Kier molecular flexibility index (Phi) is 11.5. The van der Waals surface area contributed by atoms with Gasteiger partial charge in [0.2, 0.25) is 0 Å². The molecule has 0 aromatic carbocycles. The third kappa shape index (κ3) is 6.46. The predicted molar refractivity (Wildman–Crippen MR) is 149 cm³/mol. The van der Waals surface area contributed by atoms with Crippen LogP contribution in [-0.2, 0) is 0 Å². The highest BCUT2D eigenvalue weighted by Gasteiger charge is 2.54. The van der Waals surface area contributed by atoms with Gasteiger partial charge in [0.05, 0.1) is 0 Å². The Bertz CT molecular complexity index is 581. The van der Waals surface area contributed by atoms with E-state index in [1.165, 1.54) is 64.2 Å². The van der Waals surface area contributed by atoms with Crippen molar-refractivity contribution in [2.75, 3.05) is 7.05 Å². The first-order chi connectivity index (χ1) is 15.6. The number of aliphatic imine (C=N–C) groups is 1. The van der Waals surface area contributed by atoms with Crippen LogP contribution in [0, 0.1) is 64.6 Å². The molecule has 11 atom stereocenters. The van der Waals surface area contributed by atoms with E-state index in [4.69, 9.17) is 0 Å². The summed E-state index contributed by atoms with van der Waals surface area (Å²) < 4.78 is 0. The monoisotopic (exact) mass is 459 g/mol. The minimum absolute atomic E-state index is 0.478. The van der Waals surface area contributed by atoms with Crippen LogP contribution in [0.5, 0.6) is 0 Å². The molecule has 0 amide bonds. The van der Waals surface area contributed by atoms with Gasteiger partial charge in [-0.1, -0.05) is 101 Å². The van der Waals surface area contributed by atoms with E-state index >= 15 is 0 Å². The van der Waals surface area contributed by atoms with E-state index in [2.05, 4.69) is 73.5 Å². The smallest absolute Gasteiger partial charge is 0.0273 e. The second kappa shape index (κ2) is 13.1. The Morgan fingerprint density at radius 1 is 1.03 bits per heavy atom.